The van der Waals surface area contributed by atoms with Gasteiger partial charge in [-0.25, -0.2) is 4.98 Å². The summed E-state index contributed by atoms with van der Waals surface area (Å²) in [7, 11) is 0. The van der Waals surface area contributed by atoms with Gasteiger partial charge in [0, 0.05) is 11.6 Å². The average molecular weight is 316 g/mol. The minimum Gasteiger partial charge on any atom is -0.473 e. The van der Waals surface area contributed by atoms with Crippen LogP contribution in [0.15, 0.2) is 10.7 Å². The van der Waals surface area contributed by atoms with Crippen molar-refractivity contribution >= 4 is 21.6 Å². The summed E-state index contributed by atoms with van der Waals surface area (Å²) in [5.74, 6) is 0.400. The molecule has 0 bridgehead atoms. The summed E-state index contributed by atoms with van der Waals surface area (Å²) in [6.07, 6.45) is 3.90. The molecule has 0 radical (unpaired) electrons. The van der Waals surface area contributed by atoms with Gasteiger partial charge in [0.05, 0.1) is 9.40 Å². The Bertz CT molecular complexity index is 481. The molecule has 2 atom stereocenters. The van der Waals surface area contributed by atoms with E-state index in [1.54, 1.807) is 6.92 Å². The molecule has 0 saturated heterocycles. The molecule has 1 saturated carbocycles. The average Bonchev–Trinajstić information content (AvgIpc) is 2.70. The lowest BCUT2D eigenvalue weighted by molar-refractivity contribution is -0.385. The van der Waals surface area contributed by atoms with E-state index in [4.69, 9.17) is 10.5 Å². The smallest absolute Gasteiger partial charge is 0.291 e. The molecule has 2 N–H and O–H groups in total. The van der Waals surface area contributed by atoms with Crippen molar-refractivity contribution in [2.45, 2.75) is 38.3 Å². The van der Waals surface area contributed by atoms with Crippen LogP contribution in [-0.4, -0.2) is 22.1 Å². The highest BCUT2D eigenvalue weighted by molar-refractivity contribution is 9.10. The molecule has 2 unspecified atom stereocenters. The van der Waals surface area contributed by atoms with Crippen LogP contribution in [0.2, 0.25) is 0 Å². The molecule has 1 heterocycles. The minimum absolute atomic E-state index is 0.0163. The second-order valence-corrected chi connectivity index (χ2v) is 5.25. The molecular weight excluding hydrogens is 302 g/mol. The zero-order valence-corrected chi connectivity index (χ0v) is 11.5. The van der Waals surface area contributed by atoms with E-state index >= 15 is 0 Å². The second-order valence-electron chi connectivity index (χ2n) is 4.46. The first-order chi connectivity index (χ1) is 8.49. The van der Waals surface area contributed by atoms with Gasteiger partial charge in [-0.15, -0.1) is 0 Å². The highest BCUT2D eigenvalue weighted by atomic mass is 79.9. The summed E-state index contributed by atoms with van der Waals surface area (Å²) in [6, 6.07) is 0.174. The molecule has 0 spiro atoms. The first-order valence-corrected chi connectivity index (χ1v) is 6.50. The third kappa shape index (κ3) is 2.62. The van der Waals surface area contributed by atoms with Crippen molar-refractivity contribution in [1.29, 1.82) is 0 Å². The summed E-state index contributed by atoms with van der Waals surface area (Å²) >= 11 is 3.30. The van der Waals surface area contributed by atoms with Gasteiger partial charge in [-0.1, -0.05) is 0 Å². The van der Waals surface area contributed by atoms with Gasteiger partial charge in [0.1, 0.15) is 12.3 Å². The first kappa shape index (κ1) is 13.2. The zero-order chi connectivity index (χ0) is 13.3. The van der Waals surface area contributed by atoms with Crippen LogP contribution < -0.4 is 10.5 Å². The van der Waals surface area contributed by atoms with Crippen LogP contribution in [-0.2, 0) is 0 Å². The Labute approximate surface area is 113 Å². The lowest BCUT2D eigenvalue weighted by Gasteiger charge is -2.14. The van der Waals surface area contributed by atoms with Gasteiger partial charge >= 0.3 is 0 Å². The third-order valence-corrected chi connectivity index (χ3v) is 4.04. The third-order valence-electron chi connectivity index (χ3n) is 3.11. The highest BCUT2D eigenvalue weighted by Crippen LogP contribution is 2.34. The maximum absolute atomic E-state index is 10.8. The number of hydrogen-bond acceptors (Lipinski definition) is 5. The fraction of sp³-hybridized carbons (Fsp3) is 0.545. The molecule has 6 nitrogen and oxygen atoms in total. The van der Waals surface area contributed by atoms with Crippen molar-refractivity contribution < 1.29 is 9.66 Å². The lowest BCUT2D eigenvalue weighted by Crippen LogP contribution is -2.19. The van der Waals surface area contributed by atoms with Crippen LogP contribution >= 0.6 is 15.9 Å². The van der Waals surface area contributed by atoms with Gasteiger partial charge in [-0.05, 0) is 42.1 Å². The van der Waals surface area contributed by atoms with Crippen molar-refractivity contribution in [2.24, 2.45) is 5.73 Å². The Morgan fingerprint density at radius 2 is 2.33 bits per heavy atom. The van der Waals surface area contributed by atoms with Crippen molar-refractivity contribution in [1.82, 2.24) is 4.98 Å². The van der Waals surface area contributed by atoms with E-state index in [2.05, 4.69) is 20.9 Å². The molecule has 2 rings (SSSR count). The van der Waals surface area contributed by atoms with Crippen LogP contribution in [0.1, 0.15) is 24.8 Å². The normalized spacial score (nSPS) is 23.1. The van der Waals surface area contributed by atoms with E-state index in [1.165, 1.54) is 6.20 Å². The predicted octanol–water partition coefficient (Wildman–Crippen LogP) is 2.32. The molecule has 0 aromatic carbocycles. The summed E-state index contributed by atoms with van der Waals surface area (Å²) in [5, 5.41) is 10.8. The van der Waals surface area contributed by atoms with Gasteiger partial charge in [0.2, 0.25) is 5.88 Å². The number of ether oxygens (including phenoxy) is 1. The number of hydrogen-bond donors (Lipinski definition) is 1. The summed E-state index contributed by atoms with van der Waals surface area (Å²) < 4.78 is 6.27. The number of pyridine rings is 1. The van der Waals surface area contributed by atoms with Gasteiger partial charge in [-0.3, -0.25) is 10.1 Å². The SMILES string of the molecule is Cc1c([N+](=O)[O-])cnc(OC2CCC(N)C2)c1Br. The van der Waals surface area contributed by atoms with Crippen LogP contribution in [0, 0.1) is 17.0 Å². The Balaban J connectivity index is 2.19. The van der Waals surface area contributed by atoms with Crippen molar-refractivity contribution in [3.8, 4) is 5.88 Å². The highest BCUT2D eigenvalue weighted by Gasteiger charge is 2.26. The number of nitro groups is 1. The Kier molecular flexibility index (Phi) is 3.82. The van der Waals surface area contributed by atoms with Crippen LogP contribution in [0.4, 0.5) is 5.69 Å². The molecule has 7 heteroatoms. The Hall–Kier alpha value is -1.21. The fourth-order valence-corrected chi connectivity index (χ4v) is 2.45. The van der Waals surface area contributed by atoms with Crippen molar-refractivity contribution in [3.63, 3.8) is 0 Å². The number of halogens is 1. The summed E-state index contributed by atoms with van der Waals surface area (Å²) in [6.45, 7) is 1.66. The number of nitrogens with two attached hydrogens (primary N) is 1. The predicted molar refractivity (Wildman–Crippen MR) is 69.6 cm³/mol. The van der Waals surface area contributed by atoms with Crippen molar-refractivity contribution in [2.75, 3.05) is 0 Å². The van der Waals surface area contributed by atoms with E-state index in [0.29, 0.717) is 15.9 Å². The fourth-order valence-electron chi connectivity index (χ4n) is 2.05. The first-order valence-electron chi connectivity index (χ1n) is 5.70. The van der Waals surface area contributed by atoms with Crippen molar-refractivity contribution in [3.05, 3.63) is 26.3 Å². The maximum atomic E-state index is 10.8. The largest absolute Gasteiger partial charge is 0.473 e. The molecule has 1 aliphatic rings. The second kappa shape index (κ2) is 5.19. The zero-order valence-electron chi connectivity index (χ0n) is 9.93. The van der Waals surface area contributed by atoms with Gasteiger partial charge in [0.15, 0.2) is 0 Å². The molecule has 0 aliphatic heterocycles. The summed E-state index contributed by atoms with van der Waals surface area (Å²) in [5.41, 5.74) is 6.31. The minimum atomic E-state index is -0.456. The van der Waals surface area contributed by atoms with Crippen LogP contribution in [0.3, 0.4) is 0 Å². The standard InChI is InChI=1S/C11H14BrN3O3/c1-6-9(15(16)17)5-14-11(10(6)12)18-8-3-2-7(13)4-8/h5,7-8H,2-4,13H2,1H3. The molecule has 1 aliphatic carbocycles. The van der Waals surface area contributed by atoms with Crippen LogP contribution in [0.25, 0.3) is 0 Å². The van der Waals surface area contributed by atoms with Crippen LogP contribution in [0.5, 0.6) is 5.88 Å². The molecule has 1 fully saturated rings. The maximum Gasteiger partial charge on any atom is 0.291 e. The molecule has 1 aromatic rings. The molecule has 1 aromatic heterocycles. The van der Waals surface area contributed by atoms with E-state index in [0.717, 1.165) is 19.3 Å². The monoisotopic (exact) mass is 315 g/mol. The van der Waals surface area contributed by atoms with E-state index in [-0.39, 0.29) is 17.8 Å². The lowest BCUT2D eigenvalue weighted by atomic mass is 10.2. The van der Waals surface area contributed by atoms with E-state index in [9.17, 15) is 10.1 Å². The Morgan fingerprint density at radius 1 is 1.61 bits per heavy atom. The number of rotatable bonds is 3. The van der Waals surface area contributed by atoms with Gasteiger partial charge < -0.3 is 10.5 Å². The van der Waals surface area contributed by atoms with E-state index in [1.807, 2.05) is 0 Å². The number of aromatic nitrogens is 1. The topological polar surface area (TPSA) is 91.3 Å². The molecule has 18 heavy (non-hydrogen) atoms. The summed E-state index contributed by atoms with van der Waals surface area (Å²) in [4.78, 5) is 14.3. The van der Waals surface area contributed by atoms with E-state index < -0.39 is 4.92 Å². The Morgan fingerprint density at radius 3 is 2.89 bits per heavy atom. The quantitative estimate of drug-likeness (QED) is 0.682. The molecule has 98 valence electrons. The number of nitrogens with zero attached hydrogens (tertiary/aromatic N) is 2. The van der Waals surface area contributed by atoms with Gasteiger partial charge in [-0.2, -0.15) is 0 Å². The molecule has 0 amide bonds. The van der Waals surface area contributed by atoms with Gasteiger partial charge in [0.25, 0.3) is 5.69 Å². The molecular formula is C11H14BrN3O3.